The summed E-state index contributed by atoms with van der Waals surface area (Å²) in [5, 5.41) is 22.0. The molecule has 0 spiro atoms. The van der Waals surface area contributed by atoms with E-state index in [1.165, 1.54) is 0 Å². The summed E-state index contributed by atoms with van der Waals surface area (Å²) in [6.45, 7) is 7.54. The highest BCUT2D eigenvalue weighted by molar-refractivity contribution is 5.83. The van der Waals surface area contributed by atoms with Gasteiger partial charge in [0.05, 0.1) is 6.54 Å². The van der Waals surface area contributed by atoms with Gasteiger partial charge in [0.15, 0.2) is 0 Å². The first kappa shape index (κ1) is 17.2. The van der Waals surface area contributed by atoms with Crippen LogP contribution in [0, 0.1) is 12.0 Å². The quantitative estimate of drug-likeness (QED) is 0.556. The van der Waals surface area contributed by atoms with Gasteiger partial charge >= 0.3 is 18.0 Å². The van der Waals surface area contributed by atoms with Gasteiger partial charge in [-0.3, -0.25) is 4.79 Å². The van der Waals surface area contributed by atoms with E-state index in [1.807, 2.05) is 20.8 Å². The largest absolute Gasteiger partial charge is 0.481 e. The predicted octanol–water partition coefficient (Wildman–Crippen LogP) is 1.20. The third-order valence-electron chi connectivity index (χ3n) is 2.20. The zero-order chi connectivity index (χ0) is 15.1. The van der Waals surface area contributed by atoms with E-state index < -0.39 is 24.0 Å². The first-order chi connectivity index (χ1) is 8.61. The summed E-state index contributed by atoms with van der Waals surface area (Å²) in [6.07, 6.45) is 0.160. The Morgan fingerprint density at radius 1 is 1.21 bits per heavy atom. The lowest BCUT2D eigenvalue weighted by Gasteiger charge is -2.19. The smallest absolute Gasteiger partial charge is 0.326 e. The molecule has 0 heterocycles. The third kappa shape index (κ3) is 9.87. The minimum atomic E-state index is -1.26. The second-order valence-electron chi connectivity index (χ2n) is 5.41. The summed E-state index contributed by atoms with van der Waals surface area (Å²) in [6, 6.07) is -1.86. The van der Waals surface area contributed by atoms with Crippen LogP contribution in [0.2, 0.25) is 0 Å². The van der Waals surface area contributed by atoms with Crippen LogP contribution in [-0.2, 0) is 9.59 Å². The Labute approximate surface area is 112 Å². The molecule has 0 rings (SSSR count). The maximum absolute atomic E-state index is 11.4. The molecule has 0 aliphatic carbocycles. The second-order valence-corrected chi connectivity index (χ2v) is 5.41. The standard InChI is InChI=1S/C12H21N2O5/c1-12(2,3)6-7-13-11(19)14-8(10(17)18)4-5-9(15)16/h7-8H,4-6H2,1-3H3,(H,15,16)(H,17,18)(H2,13,14,19)/t8-/m0/s1. The maximum Gasteiger partial charge on any atom is 0.326 e. The lowest BCUT2D eigenvalue weighted by molar-refractivity contribution is -0.140. The summed E-state index contributed by atoms with van der Waals surface area (Å²) >= 11 is 0. The molecular formula is C12H21N2O5. The number of carbonyl (C=O) groups is 3. The summed E-state index contributed by atoms with van der Waals surface area (Å²) in [5.41, 5.74) is 0.0167. The fraction of sp³-hybridized carbons (Fsp3) is 0.667. The molecule has 0 aromatic rings. The van der Waals surface area contributed by atoms with Gasteiger partial charge in [0, 0.05) is 6.42 Å². The molecule has 109 valence electrons. The van der Waals surface area contributed by atoms with Crippen LogP contribution in [0.3, 0.4) is 0 Å². The van der Waals surface area contributed by atoms with Gasteiger partial charge in [-0.15, -0.1) is 0 Å². The van der Waals surface area contributed by atoms with Gasteiger partial charge < -0.3 is 20.8 Å². The monoisotopic (exact) mass is 273 g/mol. The van der Waals surface area contributed by atoms with Crippen LogP contribution in [0.15, 0.2) is 0 Å². The van der Waals surface area contributed by atoms with E-state index in [0.717, 1.165) is 0 Å². The molecule has 0 fully saturated rings. The number of amides is 2. The number of urea groups is 1. The Balaban J connectivity index is 4.10. The van der Waals surface area contributed by atoms with Crippen molar-refractivity contribution in [3.8, 4) is 0 Å². The molecule has 7 heteroatoms. The Hall–Kier alpha value is -1.79. The van der Waals surface area contributed by atoms with Crippen LogP contribution in [0.5, 0.6) is 0 Å². The SMILES string of the molecule is CC(C)(C)C[CH]NC(=O)N[C@@H](CCC(=O)O)C(=O)O. The van der Waals surface area contributed by atoms with Gasteiger partial charge in [0.2, 0.25) is 0 Å². The van der Waals surface area contributed by atoms with Crippen LogP contribution >= 0.6 is 0 Å². The molecular weight excluding hydrogens is 252 g/mol. The molecule has 7 nitrogen and oxygen atoms in total. The number of hydrogen-bond donors (Lipinski definition) is 4. The summed E-state index contributed by atoms with van der Waals surface area (Å²) < 4.78 is 0. The molecule has 2 amide bonds. The lowest BCUT2D eigenvalue weighted by atomic mass is 9.92. The minimum absolute atomic E-state index is 0.0167. The summed E-state index contributed by atoms with van der Waals surface area (Å²) in [5.74, 6) is -2.36. The maximum atomic E-state index is 11.4. The van der Waals surface area contributed by atoms with Crippen molar-refractivity contribution in [3.63, 3.8) is 0 Å². The van der Waals surface area contributed by atoms with Gasteiger partial charge in [-0.1, -0.05) is 20.8 Å². The molecule has 0 bridgehead atoms. The molecule has 1 atom stereocenters. The highest BCUT2D eigenvalue weighted by Gasteiger charge is 2.21. The van der Waals surface area contributed by atoms with Crippen LogP contribution in [0.1, 0.15) is 40.0 Å². The van der Waals surface area contributed by atoms with Crippen molar-refractivity contribution in [2.45, 2.75) is 46.1 Å². The molecule has 0 saturated heterocycles. The van der Waals surface area contributed by atoms with Crippen LogP contribution in [0.25, 0.3) is 0 Å². The number of carboxylic acid groups (broad SMARTS) is 2. The van der Waals surface area contributed by atoms with Crippen molar-refractivity contribution in [2.24, 2.45) is 5.41 Å². The van der Waals surface area contributed by atoms with Crippen LogP contribution in [-0.4, -0.2) is 34.2 Å². The second kappa shape index (κ2) is 7.60. The molecule has 0 saturated carbocycles. The first-order valence-corrected chi connectivity index (χ1v) is 5.95. The summed E-state index contributed by atoms with van der Waals surface area (Å²) in [4.78, 5) is 32.6. The first-order valence-electron chi connectivity index (χ1n) is 5.95. The molecule has 0 aliphatic heterocycles. The van der Waals surface area contributed by atoms with E-state index in [9.17, 15) is 14.4 Å². The number of carboxylic acids is 2. The van der Waals surface area contributed by atoms with E-state index >= 15 is 0 Å². The van der Waals surface area contributed by atoms with Crippen molar-refractivity contribution < 1.29 is 24.6 Å². The number of rotatable bonds is 7. The highest BCUT2D eigenvalue weighted by Crippen LogP contribution is 2.18. The normalized spacial score (nSPS) is 12.6. The van der Waals surface area contributed by atoms with E-state index in [2.05, 4.69) is 10.6 Å². The Morgan fingerprint density at radius 2 is 1.79 bits per heavy atom. The van der Waals surface area contributed by atoms with E-state index in [4.69, 9.17) is 10.2 Å². The van der Waals surface area contributed by atoms with Crippen molar-refractivity contribution in [2.75, 3.05) is 0 Å². The average Bonchev–Trinajstić information content (AvgIpc) is 2.21. The number of carbonyl (C=O) groups excluding carboxylic acids is 1. The molecule has 0 unspecified atom stereocenters. The number of aliphatic carboxylic acids is 2. The molecule has 0 aromatic heterocycles. The van der Waals surface area contributed by atoms with Gasteiger partial charge in [-0.2, -0.15) is 0 Å². The van der Waals surface area contributed by atoms with Gasteiger partial charge in [0.25, 0.3) is 0 Å². The number of nitrogens with one attached hydrogen (secondary N) is 2. The molecule has 0 aliphatic rings. The Kier molecular flexibility index (Phi) is 6.89. The summed E-state index contributed by atoms with van der Waals surface area (Å²) in [7, 11) is 0. The van der Waals surface area contributed by atoms with Crippen LogP contribution in [0.4, 0.5) is 4.79 Å². The van der Waals surface area contributed by atoms with E-state index in [-0.39, 0.29) is 18.3 Å². The van der Waals surface area contributed by atoms with Gasteiger partial charge in [0.1, 0.15) is 6.04 Å². The van der Waals surface area contributed by atoms with Gasteiger partial charge in [-0.05, 0) is 18.3 Å². The Morgan fingerprint density at radius 3 is 2.21 bits per heavy atom. The van der Waals surface area contributed by atoms with Crippen molar-refractivity contribution in [1.82, 2.24) is 10.6 Å². The zero-order valence-electron chi connectivity index (χ0n) is 11.4. The highest BCUT2D eigenvalue weighted by atomic mass is 16.4. The Bertz CT molecular complexity index is 336. The fourth-order valence-corrected chi connectivity index (χ4v) is 1.18. The van der Waals surface area contributed by atoms with E-state index in [1.54, 1.807) is 6.54 Å². The lowest BCUT2D eigenvalue weighted by Crippen LogP contribution is -2.45. The third-order valence-corrected chi connectivity index (χ3v) is 2.20. The van der Waals surface area contributed by atoms with Crippen molar-refractivity contribution in [1.29, 1.82) is 0 Å². The average molecular weight is 273 g/mol. The molecule has 4 N–H and O–H groups in total. The molecule has 1 radical (unpaired) electrons. The van der Waals surface area contributed by atoms with Crippen molar-refractivity contribution >= 4 is 18.0 Å². The van der Waals surface area contributed by atoms with Crippen molar-refractivity contribution in [3.05, 3.63) is 6.54 Å². The van der Waals surface area contributed by atoms with E-state index in [0.29, 0.717) is 6.42 Å². The molecule has 0 aromatic carbocycles. The zero-order valence-corrected chi connectivity index (χ0v) is 11.4. The van der Waals surface area contributed by atoms with Gasteiger partial charge in [-0.25, -0.2) is 9.59 Å². The minimum Gasteiger partial charge on any atom is -0.481 e. The predicted molar refractivity (Wildman–Crippen MR) is 68.3 cm³/mol. The fourth-order valence-electron chi connectivity index (χ4n) is 1.18. The van der Waals surface area contributed by atoms with Crippen LogP contribution < -0.4 is 10.6 Å². The topological polar surface area (TPSA) is 116 Å². The molecule has 19 heavy (non-hydrogen) atoms. The number of hydrogen-bond acceptors (Lipinski definition) is 3.